The van der Waals surface area contributed by atoms with Gasteiger partial charge in [-0.15, -0.1) is 0 Å². The largest absolute Gasteiger partial charge is 0.479 e. The average Bonchev–Trinajstić information content (AvgIpc) is 3.35. The van der Waals surface area contributed by atoms with E-state index in [1.54, 1.807) is 78.9 Å². The normalized spacial score (nSPS) is 18.4. The minimum absolute atomic E-state index is 0.00990. The van der Waals surface area contributed by atoms with Crippen molar-refractivity contribution in [2.45, 2.75) is 24.3 Å². The molecule has 1 N–H and O–H groups in total. The highest BCUT2D eigenvalue weighted by Gasteiger charge is 2.48. The van der Waals surface area contributed by atoms with Crippen molar-refractivity contribution in [1.29, 1.82) is 0 Å². The van der Waals surface area contributed by atoms with E-state index < -0.39 is 35.8 Å². The number of carbonyl (C=O) groups is 1. The van der Waals surface area contributed by atoms with E-state index in [0.29, 0.717) is 33.2 Å². The molecular formula is C33H23F3O4. The predicted octanol–water partition coefficient (Wildman–Crippen LogP) is 8.60. The molecule has 200 valence electrons. The fourth-order valence-electron chi connectivity index (χ4n) is 5.39. The summed E-state index contributed by atoms with van der Waals surface area (Å²) in [5.41, 5.74) is -0.680. The summed E-state index contributed by atoms with van der Waals surface area (Å²) < 4.78 is 56.8. The molecule has 0 spiro atoms. The Kier molecular flexibility index (Phi) is 6.31. The molecule has 0 bridgehead atoms. The molecule has 2 unspecified atom stereocenters. The van der Waals surface area contributed by atoms with Crippen LogP contribution in [0.15, 0.2) is 125 Å². The van der Waals surface area contributed by atoms with Crippen molar-refractivity contribution in [2.24, 2.45) is 0 Å². The van der Waals surface area contributed by atoms with Crippen LogP contribution in [0.3, 0.4) is 0 Å². The zero-order valence-corrected chi connectivity index (χ0v) is 21.1. The highest BCUT2D eigenvalue weighted by molar-refractivity contribution is 6.06. The average molecular weight is 541 g/mol. The van der Waals surface area contributed by atoms with Gasteiger partial charge in [0.1, 0.15) is 16.8 Å². The molecule has 0 aliphatic heterocycles. The zero-order valence-electron chi connectivity index (χ0n) is 21.1. The molecule has 0 saturated heterocycles. The van der Waals surface area contributed by atoms with E-state index in [-0.39, 0.29) is 5.57 Å². The number of benzene rings is 4. The Morgan fingerprint density at radius 1 is 0.850 bits per heavy atom. The summed E-state index contributed by atoms with van der Waals surface area (Å²) in [6.07, 6.45) is -3.99. The van der Waals surface area contributed by atoms with Crippen LogP contribution in [-0.2, 0) is 15.1 Å². The topological polar surface area (TPSA) is 59.7 Å². The van der Waals surface area contributed by atoms with Crippen LogP contribution >= 0.6 is 0 Å². The van der Waals surface area contributed by atoms with Gasteiger partial charge >= 0.3 is 12.1 Å². The zero-order chi connectivity index (χ0) is 27.9. The molecule has 6 rings (SSSR count). The van der Waals surface area contributed by atoms with Gasteiger partial charge in [0, 0.05) is 28.3 Å². The number of hydrogen-bond donors (Lipinski definition) is 1. The van der Waals surface area contributed by atoms with Gasteiger partial charge in [-0.25, -0.2) is 4.79 Å². The van der Waals surface area contributed by atoms with Gasteiger partial charge in [-0.3, -0.25) is 0 Å². The highest BCUT2D eigenvalue weighted by atomic mass is 19.4. The molecule has 0 amide bonds. The van der Waals surface area contributed by atoms with Gasteiger partial charge in [-0.05, 0) is 28.8 Å². The van der Waals surface area contributed by atoms with Gasteiger partial charge < -0.3 is 14.3 Å². The number of aliphatic carboxylic acids is 1. The standard InChI is InChI=1S/C33H23F3O4/c34-33(35,36)27-20-32(19-18-23(27)21-10-3-1-4-11-21,40-29(31(37)38)22-12-5-2-6-13-22)26-16-9-15-25-24-14-7-8-17-28(24)39-30(25)26/h1-19,29H,20H2,(H,37,38). The number of fused-ring (bicyclic) bond motifs is 3. The molecule has 1 aliphatic carbocycles. The molecule has 2 atom stereocenters. The first-order chi connectivity index (χ1) is 19.3. The number of rotatable bonds is 6. The monoisotopic (exact) mass is 540 g/mol. The summed E-state index contributed by atoms with van der Waals surface area (Å²) in [5.74, 6) is -1.32. The molecule has 0 fully saturated rings. The van der Waals surface area contributed by atoms with E-state index in [4.69, 9.17) is 9.15 Å². The molecule has 4 nitrogen and oxygen atoms in total. The number of carboxylic acids is 1. The van der Waals surface area contributed by atoms with Gasteiger partial charge in [-0.2, -0.15) is 13.2 Å². The van der Waals surface area contributed by atoms with Crippen molar-refractivity contribution < 1.29 is 32.2 Å². The van der Waals surface area contributed by atoms with Crippen LogP contribution in [0, 0.1) is 0 Å². The fraction of sp³-hybridized carbons (Fsp3) is 0.121. The maximum atomic E-state index is 14.7. The Labute approximate surface area is 227 Å². The van der Waals surface area contributed by atoms with Gasteiger partial charge in [0.05, 0.1) is 0 Å². The Balaban J connectivity index is 1.60. The van der Waals surface area contributed by atoms with Crippen LogP contribution in [0.25, 0.3) is 27.5 Å². The van der Waals surface area contributed by atoms with Gasteiger partial charge in [0.25, 0.3) is 0 Å². The lowest BCUT2D eigenvalue weighted by Crippen LogP contribution is -2.36. The van der Waals surface area contributed by atoms with Crippen molar-refractivity contribution in [1.82, 2.24) is 0 Å². The summed E-state index contributed by atoms with van der Waals surface area (Å²) in [7, 11) is 0. The number of hydrogen-bond acceptors (Lipinski definition) is 3. The molecule has 7 heteroatoms. The first kappa shape index (κ1) is 25.6. The van der Waals surface area contributed by atoms with Crippen molar-refractivity contribution in [3.63, 3.8) is 0 Å². The second-order valence-electron chi connectivity index (χ2n) is 9.68. The summed E-state index contributed by atoms with van der Waals surface area (Å²) in [6, 6.07) is 29.0. The molecule has 1 aliphatic rings. The molecule has 4 aromatic carbocycles. The number of ether oxygens (including phenoxy) is 1. The lowest BCUT2D eigenvalue weighted by atomic mass is 9.78. The van der Waals surface area contributed by atoms with Crippen LogP contribution in [0.2, 0.25) is 0 Å². The quantitative estimate of drug-likeness (QED) is 0.234. The van der Waals surface area contributed by atoms with E-state index in [9.17, 15) is 23.1 Å². The molecule has 5 aromatic rings. The first-order valence-corrected chi connectivity index (χ1v) is 12.7. The third-order valence-electron chi connectivity index (χ3n) is 7.23. The van der Waals surface area contributed by atoms with Crippen molar-refractivity contribution in [3.05, 3.63) is 138 Å². The third kappa shape index (κ3) is 4.48. The van der Waals surface area contributed by atoms with Crippen LogP contribution in [-0.4, -0.2) is 17.3 Å². The summed E-state index contributed by atoms with van der Waals surface area (Å²) in [4.78, 5) is 12.5. The Morgan fingerprint density at radius 2 is 1.50 bits per heavy atom. The number of alkyl halides is 3. The number of halogens is 3. The number of allylic oxidation sites excluding steroid dienone is 2. The molecule has 1 heterocycles. The van der Waals surface area contributed by atoms with Crippen molar-refractivity contribution in [2.75, 3.05) is 0 Å². The molecule has 1 aromatic heterocycles. The Morgan fingerprint density at radius 3 is 2.20 bits per heavy atom. The molecule has 0 radical (unpaired) electrons. The summed E-state index contributed by atoms with van der Waals surface area (Å²) in [6.45, 7) is 0. The number of carboxylic acid groups (broad SMARTS) is 1. The van der Waals surface area contributed by atoms with E-state index >= 15 is 0 Å². The van der Waals surface area contributed by atoms with E-state index in [0.717, 1.165) is 5.39 Å². The second kappa shape index (κ2) is 9.84. The molecule has 40 heavy (non-hydrogen) atoms. The van der Waals surface area contributed by atoms with E-state index in [1.165, 1.54) is 12.2 Å². The lowest BCUT2D eigenvalue weighted by Gasteiger charge is -2.38. The number of para-hydroxylation sites is 2. The van der Waals surface area contributed by atoms with Gasteiger partial charge in [0.2, 0.25) is 0 Å². The highest BCUT2D eigenvalue weighted by Crippen LogP contribution is 2.50. The Bertz CT molecular complexity index is 1770. The van der Waals surface area contributed by atoms with Crippen molar-refractivity contribution >= 4 is 33.5 Å². The number of furan rings is 1. The maximum Gasteiger partial charge on any atom is 0.413 e. The van der Waals surface area contributed by atoms with E-state index in [2.05, 4.69) is 0 Å². The van der Waals surface area contributed by atoms with Gasteiger partial charge in [-0.1, -0.05) is 103 Å². The van der Waals surface area contributed by atoms with Crippen molar-refractivity contribution in [3.8, 4) is 0 Å². The minimum Gasteiger partial charge on any atom is -0.479 e. The predicted molar refractivity (Wildman–Crippen MR) is 146 cm³/mol. The second-order valence-corrected chi connectivity index (χ2v) is 9.68. The molecule has 0 saturated carbocycles. The third-order valence-corrected chi connectivity index (χ3v) is 7.23. The maximum absolute atomic E-state index is 14.7. The smallest absolute Gasteiger partial charge is 0.413 e. The van der Waals surface area contributed by atoms with Crippen LogP contribution < -0.4 is 0 Å². The van der Waals surface area contributed by atoms with Crippen LogP contribution in [0.5, 0.6) is 0 Å². The first-order valence-electron chi connectivity index (χ1n) is 12.7. The van der Waals surface area contributed by atoms with E-state index in [1.807, 2.05) is 24.3 Å². The Hall–Kier alpha value is -4.62. The van der Waals surface area contributed by atoms with Gasteiger partial charge in [0.15, 0.2) is 6.10 Å². The lowest BCUT2D eigenvalue weighted by molar-refractivity contribution is -0.163. The van der Waals surface area contributed by atoms with Crippen LogP contribution in [0.1, 0.15) is 29.2 Å². The summed E-state index contributed by atoms with van der Waals surface area (Å²) in [5, 5.41) is 11.7. The van der Waals surface area contributed by atoms with Crippen LogP contribution in [0.4, 0.5) is 13.2 Å². The fourth-order valence-corrected chi connectivity index (χ4v) is 5.39. The minimum atomic E-state index is -4.71. The summed E-state index contributed by atoms with van der Waals surface area (Å²) >= 11 is 0. The SMILES string of the molecule is O=C(O)C(OC1(c2cccc3c2oc2ccccc23)C=CC(c2ccccc2)=C(C(F)(F)F)C1)c1ccccc1. The molecular weight excluding hydrogens is 517 g/mol.